The van der Waals surface area contributed by atoms with E-state index in [2.05, 4.69) is 91.3 Å². The minimum absolute atomic E-state index is 0.180. The maximum absolute atomic E-state index is 12.3. The Morgan fingerprint density at radius 2 is 0.960 bits per heavy atom. The van der Waals surface area contributed by atoms with Crippen molar-refractivity contribution in [1.29, 1.82) is 0 Å². The van der Waals surface area contributed by atoms with Crippen LogP contribution in [-0.2, 0) is 28.2 Å². The monoisotopic (exact) mass is 720 g/mol. The molecule has 0 rings (SSSR count). The van der Waals surface area contributed by atoms with Gasteiger partial charge in [0.05, 0.1) is 6.61 Å². The van der Waals surface area contributed by atoms with E-state index >= 15 is 0 Å². The molecular formula is C41H69O8P. The number of carbonyl (C=O) groups is 2. The molecule has 50 heavy (non-hydrogen) atoms. The Morgan fingerprint density at radius 1 is 0.540 bits per heavy atom. The topological polar surface area (TPSA) is 119 Å². The lowest BCUT2D eigenvalue weighted by molar-refractivity contribution is -0.161. The molecule has 0 aromatic carbocycles. The van der Waals surface area contributed by atoms with Gasteiger partial charge in [0, 0.05) is 12.8 Å². The fourth-order valence-electron chi connectivity index (χ4n) is 4.86. The van der Waals surface area contributed by atoms with Crippen molar-refractivity contribution in [1.82, 2.24) is 0 Å². The van der Waals surface area contributed by atoms with Gasteiger partial charge in [-0.3, -0.25) is 14.1 Å². The van der Waals surface area contributed by atoms with Gasteiger partial charge in [-0.15, -0.1) is 0 Å². The van der Waals surface area contributed by atoms with Gasteiger partial charge < -0.3 is 19.3 Å². The first kappa shape index (κ1) is 47.5. The second kappa shape index (κ2) is 36.3. The Kier molecular flexibility index (Phi) is 34.5. The Bertz CT molecular complexity index is 1040. The fraction of sp³-hybridized carbons (Fsp3) is 0.659. The summed E-state index contributed by atoms with van der Waals surface area (Å²) in [5, 5.41) is 0. The second-order valence-electron chi connectivity index (χ2n) is 12.5. The number of unbranched alkanes of at least 4 members (excludes halogenated alkanes) is 12. The fourth-order valence-corrected chi connectivity index (χ4v) is 5.22. The molecule has 0 fully saturated rings. The number of rotatable bonds is 34. The summed E-state index contributed by atoms with van der Waals surface area (Å²) >= 11 is 0. The zero-order chi connectivity index (χ0) is 36.8. The first-order valence-corrected chi connectivity index (χ1v) is 20.8. The van der Waals surface area contributed by atoms with E-state index in [9.17, 15) is 14.2 Å². The van der Waals surface area contributed by atoms with Crippen LogP contribution < -0.4 is 0 Å². The van der Waals surface area contributed by atoms with Crippen LogP contribution in [-0.4, -0.2) is 41.0 Å². The summed E-state index contributed by atoms with van der Waals surface area (Å²) in [5.41, 5.74) is 0. The molecule has 8 nitrogen and oxygen atoms in total. The number of phosphoric acid groups is 1. The number of carbonyl (C=O) groups excluding carboxylic acids is 2. The highest BCUT2D eigenvalue weighted by molar-refractivity contribution is 7.46. The van der Waals surface area contributed by atoms with Crippen LogP contribution in [0.4, 0.5) is 0 Å². The molecule has 0 heterocycles. The SMILES string of the molecule is CC/C=C/C/C=C/C/C=C/C/C=C/C/C=C/CCCCCC(=O)OC[C@H](COP(=O)(O)O)OC(=O)CCCCC/C=C/CCCCCCCC. The first-order valence-electron chi connectivity index (χ1n) is 19.2. The largest absolute Gasteiger partial charge is 0.469 e. The standard InChI is InChI=1S/C41H69O8P/c1-3-5-7-9-11-13-15-17-18-19-20-21-22-24-25-27-29-31-33-35-40(42)47-37-39(38-48-50(44,45)46)49-41(43)36-34-32-30-28-26-23-16-14-12-10-8-6-4-2/h5,7,11,13,17-18,20-21,23-26,39H,3-4,6,8-10,12,14-16,19,22,27-38H2,1-2H3,(H2,44,45,46)/b7-5+,13-11+,18-17+,21-20+,25-24+,26-23+/t39-/m1/s1. The minimum atomic E-state index is -4.77. The summed E-state index contributed by atoms with van der Waals surface area (Å²) in [6.07, 6.45) is 46.2. The maximum atomic E-state index is 12.3. The van der Waals surface area contributed by atoms with Crippen molar-refractivity contribution in [3.8, 4) is 0 Å². The molecule has 0 aromatic heterocycles. The van der Waals surface area contributed by atoms with Crippen molar-refractivity contribution in [2.24, 2.45) is 0 Å². The highest BCUT2D eigenvalue weighted by Gasteiger charge is 2.22. The molecule has 0 aliphatic rings. The molecule has 0 bridgehead atoms. The molecule has 0 unspecified atom stereocenters. The van der Waals surface area contributed by atoms with E-state index in [-0.39, 0.29) is 19.4 Å². The van der Waals surface area contributed by atoms with Crippen LogP contribution in [0.2, 0.25) is 0 Å². The normalized spacial score (nSPS) is 13.3. The summed E-state index contributed by atoms with van der Waals surface area (Å²) < 4.78 is 26.3. The number of esters is 2. The second-order valence-corrected chi connectivity index (χ2v) is 13.8. The Balaban J connectivity index is 4.06. The van der Waals surface area contributed by atoms with Crippen LogP contribution in [0, 0.1) is 0 Å². The van der Waals surface area contributed by atoms with Crippen molar-refractivity contribution >= 4 is 19.8 Å². The minimum Gasteiger partial charge on any atom is -0.462 e. The third kappa shape index (κ3) is 38.3. The zero-order valence-corrected chi connectivity index (χ0v) is 32.2. The molecule has 0 aliphatic carbocycles. The van der Waals surface area contributed by atoms with Crippen molar-refractivity contribution in [3.63, 3.8) is 0 Å². The number of hydrogen-bond acceptors (Lipinski definition) is 6. The first-order chi connectivity index (χ1) is 24.3. The van der Waals surface area contributed by atoms with E-state index in [1.54, 1.807) is 0 Å². The van der Waals surface area contributed by atoms with E-state index < -0.39 is 32.5 Å². The summed E-state index contributed by atoms with van der Waals surface area (Å²) in [5.74, 6) is -0.948. The van der Waals surface area contributed by atoms with Gasteiger partial charge in [-0.1, -0.05) is 132 Å². The van der Waals surface area contributed by atoms with Crippen molar-refractivity contribution < 1.29 is 37.9 Å². The lowest BCUT2D eigenvalue weighted by atomic mass is 10.1. The average Bonchev–Trinajstić information content (AvgIpc) is 3.08. The third-order valence-electron chi connectivity index (χ3n) is 7.71. The molecule has 0 amide bonds. The van der Waals surface area contributed by atoms with Gasteiger partial charge >= 0.3 is 19.8 Å². The van der Waals surface area contributed by atoms with Gasteiger partial charge in [-0.05, 0) is 83.5 Å². The van der Waals surface area contributed by atoms with Gasteiger partial charge in [-0.2, -0.15) is 0 Å². The van der Waals surface area contributed by atoms with Gasteiger partial charge in [-0.25, -0.2) is 4.57 Å². The van der Waals surface area contributed by atoms with Gasteiger partial charge in [0.2, 0.25) is 0 Å². The molecule has 0 saturated heterocycles. The summed E-state index contributed by atoms with van der Waals surface area (Å²) in [6, 6.07) is 0. The van der Waals surface area contributed by atoms with Crippen molar-refractivity contribution in [2.45, 2.75) is 161 Å². The predicted molar refractivity (Wildman–Crippen MR) is 207 cm³/mol. The highest BCUT2D eigenvalue weighted by Crippen LogP contribution is 2.36. The number of allylic oxidation sites excluding steroid dienone is 12. The predicted octanol–water partition coefficient (Wildman–Crippen LogP) is 11.5. The van der Waals surface area contributed by atoms with E-state index in [0.717, 1.165) is 77.0 Å². The zero-order valence-electron chi connectivity index (χ0n) is 31.3. The number of hydrogen-bond donors (Lipinski definition) is 2. The number of ether oxygens (including phenoxy) is 2. The van der Waals surface area contributed by atoms with Crippen LogP contribution in [0.3, 0.4) is 0 Å². The van der Waals surface area contributed by atoms with Crippen molar-refractivity contribution in [3.05, 3.63) is 72.9 Å². The van der Waals surface area contributed by atoms with Gasteiger partial charge in [0.1, 0.15) is 6.61 Å². The molecule has 0 aromatic rings. The van der Waals surface area contributed by atoms with E-state index in [4.69, 9.17) is 19.3 Å². The molecule has 1 atom stereocenters. The Labute approximate surface area is 304 Å². The number of phosphoric ester groups is 1. The van der Waals surface area contributed by atoms with E-state index in [1.165, 1.54) is 38.5 Å². The summed E-state index contributed by atoms with van der Waals surface area (Å²) in [7, 11) is -4.77. The third-order valence-corrected chi connectivity index (χ3v) is 8.19. The summed E-state index contributed by atoms with van der Waals surface area (Å²) in [4.78, 5) is 42.7. The lowest BCUT2D eigenvalue weighted by Gasteiger charge is -2.18. The van der Waals surface area contributed by atoms with Crippen LogP contribution in [0.25, 0.3) is 0 Å². The van der Waals surface area contributed by atoms with Gasteiger partial charge in [0.15, 0.2) is 6.10 Å². The van der Waals surface area contributed by atoms with Crippen LogP contribution in [0.5, 0.6) is 0 Å². The van der Waals surface area contributed by atoms with E-state index in [1.807, 2.05) is 0 Å². The van der Waals surface area contributed by atoms with E-state index in [0.29, 0.717) is 12.8 Å². The summed E-state index contributed by atoms with van der Waals surface area (Å²) in [6.45, 7) is 3.50. The Morgan fingerprint density at radius 3 is 1.46 bits per heavy atom. The smallest absolute Gasteiger partial charge is 0.462 e. The molecule has 286 valence electrons. The molecule has 0 saturated carbocycles. The molecule has 0 radical (unpaired) electrons. The van der Waals surface area contributed by atoms with Crippen molar-refractivity contribution in [2.75, 3.05) is 13.2 Å². The molecule has 2 N–H and O–H groups in total. The van der Waals surface area contributed by atoms with Crippen LogP contribution in [0.15, 0.2) is 72.9 Å². The quantitative estimate of drug-likeness (QED) is 0.0292. The molecule has 0 aliphatic heterocycles. The lowest BCUT2D eigenvalue weighted by Crippen LogP contribution is -2.29. The molecule has 9 heteroatoms. The van der Waals surface area contributed by atoms with Gasteiger partial charge in [0.25, 0.3) is 0 Å². The molecular weight excluding hydrogens is 651 g/mol. The maximum Gasteiger partial charge on any atom is 0.469 e. The van der Waals surface area contributed by atoms with Crippen LogP contribution >= 0.6 is 7.82 Å². The van der Waals surface area contributed by atoms with Crippen LogP contribution in [0.1, 0.15) is 155 Å². The average molecular weight is 721 g/mol. The molecule has 0 spiro atoms. The Hall–Kier alpha value is -2.51. The highest BCUT2D eigenvalue weighted by atomic mass is 31.2.